The van der Waals surface area contributed by atoms with Crippen molar-refractivity contribution in [2.24, 2.45) is 0 Å². The van der Waals surface area contributed by atoms with Gasteiger partial charge in [-0.2, -0.15) is 18.3 Å². The Morgan fingerprint density at radius 2 is 2.03 bits per heavy atom. The topological polar surface area (TPSA) is 97.4 Å². The maximum atomic E-state index is 14.1. The molecule has 0 unspecified atom stereocenters. The van der Waals surface area contributed by atoms with E-state index >= 15 is 0 Å². The van der Waals surface area contributed by atoms with Crippen molar-refractivity contribution in [1.82, 2.24) is 29.5 Å². The van der Waals surface area contributed by atoms with Gasteiger partial charge in [0.25, 0.3) is 5.91 Å². The van der Waals surface area contributed by atoms with Crippen LogP contribution in [-0.2, 0) is 17.5 Å². The molecule has 0 spiro atoms. The maximum Gasteiger partial charge on any atom is 0.435 e. The molecule has 39 heavy (non-hydrogen) atoms. The monoisotopic (exact) mass is 546 g/mol. The first kappa shape index (κ1) is 27.4. The first-order valence-corrected chi connectivity index (χ1v) is 13.2. The molecule has 1 saturated heterocycles. The highest BCUT2D eigenvalue weighted by molar-refractivity contribution is 5.98. The van der Waals surface area contributed by atoms with Gasteiger partial charge in [-0.05, 0) is 18.9 Å². The van der Waals surface area contributed by atoms with Crippen LogP contribution in [0.4, 0.5) is 13.2 Å². The number of benzene rings is 1. The third-order valence-corrected chi connectivity index (χ3v) is 7.67. The molecule has 2 fully saturated rings. The van der Waals surface area contributed by atoms with E-state index in [0.717, 1.165) is 24.5 Å². The lowest BCUT2D eigenvalue weighted by atomic mass is 9.80. The fraction of sp³-hybridized carbons (Fsp3) is 0.519. The number of rotatable bonds is 7. The summed E-state index contributed by atoms with van der Waals surface area (Å²) in [6, 6.07) is 9.63. The van der Waals surface area contributed by atoms with E-state index in [1.807, 2.05) is 34.9 Å². The van der Waals surface area contributed by atoms with Crippen molar-refractivity contribution in [1.29, 1.82) is 0 Å². The van der Waals surface area contributed by atoms with Gasteiger partial charge in [-0.3, -0.25) is 9.48 Å². The van der Waals surface area contributed by atoms with Crippen LogP contribution in [0.2, 0.25) is 0 Å². The van der Waals surface area contributed by atoms with Gasteiger partial charge in [-0.25, -0.2) is 4.98 Å². The van der Waals surface area contributed by atoms with Crippen LogP contribution in [-0.4, -0.2) is 80.2 Å². The second kappa shape index (κ2) is 11.1. The van der Waals surface area contributed by atoms with E-state index in [0.29, 0.717) is 38.2 Å². The molecule has 1 aromatic carbocycles. The summed E-state index contributed by atoms with van der Waals surface area (Å²) in [6.07, 6.45) is 1.45. The Bertz CT molecular complexity index is 1270. The van der Waals surface area contributed by atoms with Crippen LogP contribution in [0.1, 0.15) is 47.9 Å². The van der Waals surface area contributed by atoms with Crippen LogP contribution in [0, 0.1) is 0 Å². The van der Waals surface area contributed by atoms with Crippen molar-refractivity contribution in [2.45, 2.75) is 56.1 Å². The van der Waals surface area contributed by atoms with Crippen LogP contribution in [0.25, 0.3) is 11.3 Å². The molecule has 1 amide bonds. The third kappa shape index (κ3) is 5.59. The third-order valence-electron chi connectivity index (χ3n) is 7.67. The lowest BCUT2D eigenvalue weighted by Crippen LogP contribution is -2.55. The number of aliphatic hydroxyl groups is 1. The molecule has 5 rings (SSSR count). The van der Waals surface area contributed by atoms with E-state index in [4.69, 9.17) is 4.74 Å². The smallest absolute Gasteiger partial charge is 0.385 e. The van der Waals surface area contributed by atoms with E-state index in [1.165, 1.54) is 10.9 Å². The average Bonchev–Trinajstić information content (AvgIpc) is 3.57. The lowest BCUT2D eigenvalue weighted by molar-refractivity contribution is -0.141. The minimum Gasteiger partial charge on any atom is -0.385 e. The Morgan fingerprint density at radius 3 is 2.74 bits per heavy atom. The van der Waals surface area contributed by atoms with Crippen LogP contribution in [0.15, 0.2) is 48.9 Å². The predicted molar refractivity (Wildman–Crippen MR) is 137 cm³/mol. The molecule has 210 valence electrons. The highest BCUT2D eigenvalue weighted by Gasteiger charge is 2.42. The number of aromatic nitrogens is 4. The summed E-state index contributed by atoms with van der Waals surface area (Å²) in [7, 11) is 1.56. The Morgan fingerprint density at radius 1 is 1.23 bits per heavy atom. The van der Waals surface area contributed by atoms with Crippen molar-refractivity contribution < 1.29 is 27.8 Å². The van der Waals surface area contributed by atoms with Gasteiger partial charge in [0, 0.05) is 38.5 Å². The second-order valence-electron chi connectivity index (χ2n) is 10.3. The van der Waals surface area contributed by atoms with E-state index in [9.17, 15) is 23.1 Å². The van der Waals surface area contributed by atoms with E-state index in [-0.39, 0.29) is 30.8 Å². The number of piperazine rings is 1. The summed E-state index contributed by atoms with van der Waals surface area (Å²) >= 11 is 0. The van der Waals surface area contributed by atoms with Crippen LogP contribution in [0.5, 0.6) is 0 Å². The van der Waals surface area contributed by atoms with Gasteiger partial charge in [0.1, 0.15) is 5.60 Å². The highest BCUT2D eigenvalue weighted by Crippen LogP contribution is 2.41. The van der Waals surface area contributed by atoms with Crippen molar-refractivity contribution in [2.75, 3.05) is 33.4 Å². The second-order valence-corrected chi connectivity index (χ2v) is 10.3. The zero-order chi connectivity index (χ0) is 27.6. The zero-order valence-electron chi connectivity index (χ0n) is 21.8. The molecular formula is C27H33F3N6O3. The van der Waals surface area contributed by atoms with Gasteiger partial charge >= 0.3 is 6.18 Å². The number of alkyl halides is 3. The number of ether oxygens (including phenoxy) is 1. The molecule has 3 aromatic rings. The molecule has 2 N–H and O–H groups in total. The van der Waals surface area contributed by atoms with Crippen molar-refractivity contribution >= 4 is 5.91 Å². The maximum absolute atomic E-state index is 14.1. The number of methoxy groups -OCH3 is 1. The molecule has 0 radical (unpaired) electrons. The zero-order valence-corrected chi connectivity index (χ0v) is 21.8. The fourth-order valence-electron chi connectivity index (χ4n) is 5.81. The minimum atomic E-state index is -4.53. The number of hydrogen-bond acceptors (Lipinski definition) is 6. The Balaban J connectivity index is 1.49. The molecule has 12 heteroatoms. The molecule has 1 aliphatic carbocycles. The molecule has 3 atom stereocenters. The molecule has 2 aromatic heterocycles. The first-order chi connectivity index (χ1) is 18.7. The molecule has 2 aliphatic rings. The van der Waals surface area contributed by atoms with E-state index in [1.54, 1.807) is 18.3 Å². The Labute approximate surface area is 224 Å². The molecule has 9 nitrogen and oxygen atoms in total. The van der Waals surface area contributed by atoms with Gasteiger partial charge in [0.2, 0.25) is 0 Å². The van der Waals surface area contributed by atoms with Crippen molar-refractivity contribution in [3.8, 4) is 11.3 Å². The SMILES string of the molecule is COC[C@]1(O)CCCC[C@H]1n1cnc(C(=O)N2CCNC[C@H]2Cn2ccc(C(F)(F)F)n2)c1-c1ccccc1. The number of amides is 1. The fourth-order valence-corrected chi connectivity index (χ4v) is 5.81. The number of hydrogen-bond donors (Lipinski definition) is 2. The summed E-state index contributed by atoms with van der Waals surface area (Å²) in [5.41, 5.74) is -0.430. The summed E-state index contributed by atoms with van der Waals surface area (Å²) in [5, 5.41) is 18.4. The highest BCUT2D eigenvalue weighted by atomic mass is 19.4. The number of carbonyl (C=O) groups is 1. The normalized spacial score (nSPS) is 24.2. The van der Waals surface area contributed by atoms with Crippen molar-refractivity contribution in [3.63, 3.8) is 0 Å². The Kier molecular flexibility index (Phi) is 7.79. The van der Waals surface area contributed by atoms with Gasteiger partial charge in [-0.15, -0.1) is 0 Å². The average molecular weight is 547 g/mol. The molecule has 3 heterocycles. The number of halogens is 3. The quantitative estimate of drug-likeness (QED) is 0.472. The van der Waals surface area contributed by atoms with E-state index < -0.39 is 23.5 Å². The first-order valence-electron chi connectivity index (χ1n) is 13.2. The van der Waals surface area contributed by atoms with Gasteiger partial charge < -0.3 is 24.6 Å². The van der Waals surface area contributed by atoms with Crippen LogP contribution < -0.4 is 5.32 Å². The summed E-state index contributed by atoms with van der Waals surface area (Å²) in [4.78, 5) is 20.3. The van der Waals surface area contributed by atoms with Gasteiger partial charge in [-0.1, -0.05) is 43.2 Å². The number of nitrogens with one attached hydrogen (secondary N) is 1. The lowest BCUT2D eigenvalue weighted by Gasteiger charge is -2.41. The molecule has 1 saturated carbocycles. The number of nitrogens with zero attached hydrogens (tertiary/aromatic N) is 5. The van der Waals surface area contributed by atoms with Crippen LogP contribution >= 0.6 is 0 Å². The summed E-state index contributed by atoms with van der Waals surface area (Å²) in [5.74, 6) is -0.312. The Hall–Kier alpha value is -3.22. The van der Waals surface area contributed by atoms with Crippen LogP contribution in [0.3, 0.4) is 0 Å². The standard InChI is InChI=1S/C27H33F3N6O3/c1-39-17-26(38)11-6-5-9-22(26)36-18-32-23(24(36)19-7-3-2-4-8-19)25(37)35-14-12-31-15-20(35)16-34-13-10-21(33-34)27(28,29)30/h2-4,7-8,10,13,18,20,22,31,38H,5-6,9,11-12,14-17H2,1H3/t20-,22+,26+/m0/s1. The van der Waals surface area contributed by atoms with Gasteiger partial charge in [0.05, 0.1) is 37.3 Å². The van der Waals surface area contributed by atoms with E-state index in [2.05, 4.69) is 15.4 Å². The van der Waals surface area contributed by atoms with Gasteiger partial charge in [0.15, 0.2) is 11.4 Å². The summed E-state index contributed by atoms with van der Waals surface area (Å²) < 4.78 is 47.8. The minimum absolute atomic E-state index is 0.104. The summed E-state index contributed by atoms with van der Waals surface area (Å²) in [6.45, 7) is 1.59. The molecule has 1 aliphatic heterocycles. The predicted octanol–water partition coefficient (Wildman–Crippen LogP) is 3.37. The molecule has 0 bridgehead atoms. The largest absolute Gasteiger partial charge is 0.435 e. The number of imidazole rings is 1. The molecular weight excluding hydrogens is 513 g/mol. The number of carbonyl (C=O) groups excluding carboxylic acids is 1. The van der Waals surface area contributed by atoms with Crippen molar-refractivity contribution in [3.05, 3.63) is 60.3 Å².